The van der Waals surface area contributed by atoms with Crippen LogP contribution in [0.1, 0.15) is 28.8 Å². The number of benzene rings is 2. The molecule has 1 heterocycles. The van der Waals surface area contributed by atoms with Gasteiger partial charge in [0, 0.05) is 17.8 Å². The Morgan fingerprint density at radius 2 is 1.74 bits per heavy atom. The van der Waals surface area contributed by atoms with E-state index < -0.39 is 6.04 Å². The van der Waals surface area contributed by atoms with E-state index in [9.17, 15) is 9.59 Å². The van der Waals surface area contributed by atoms with Crippen molar-refractivity contribution in [2.45, 2.75) is 25.8 Å². The van der Waals surface area contributed by atoms with Crippen LogP contribution in [0.25, 0.3) is 0 Å². The van der Waals surface area contributed by atoms with Crippen molar-refractivity contribution in [3.63, 3.8) is 0 Å². The third-order valence-corrected chi connectivity index (χ3v) is 4.16. The first-order valence-corrected chi connectivity index (χ1v) is 7.89. The van der Waals surface area contributed by atoms with Gasteiger partial charge in [-0.2, -0.15) is 0 Å². The van der Waals surface area contributed by atoms with Gasteiger partial charge in [-0.3, -0.25) is 9.59 Å². The van der Waals surface area contributed by atoms with Crippen molar-refractivity contribution in [2.75, 3.05) is 11.9 Å². The normalized spacial score (nSPS) is 17.1. The second kappa shape index (κ2) is 6.65. The molecule has 1 aliphatic heterocycles. The van der Waals surface area contributed by atoms with Gasteiger partial charge in [-0.1, -0.05) is 35.9 Å². The van der Waals surface area contributed by atoms with E-state index in [-0.39, 0.29) is 11.8 Å². The minimum absolute atomic E-state index is 0.0767. The molecule has 0 radical (unpaired) electrons. The maximum Gasteiger partial charge on any atom is 0.254 e. The molecule has 2 amide bonds. The summed E-state index contributed by atoms with van der Waals surface area (Å²) in [5, 5.41) is 2.91. The number of rotatable bonds is 3. The Labute approximate surface area is 136 Å². The van der Waals surface area contributed by atoms with Gasteiger partial charge in [-0.25, -0.2) is 0 Å². The molecule has 118 valence electrons. The van der Waals surface area contributed by atoms with Crippen molar-refractivity contribution in [3.8, 4) is 0 Å². The molecule has 1 aliphatic rings. The minimum atomic E-state index is -0.399. The first-order valence-electron chi connectivity index (χ1n) is 7.89. The number of hydrogen-bond acceptors (Lipinski definition) is 2. The quantitative estimate of drug-likeness (QED) is 0.946. The van der Waals surface area contributed by atoms with E-state index in [4.69, 9.17) is 0 Å². The molecule has 2 aromatic rings. The highest BCUT2D eigenvalue weighted by Crippen LogP contribution is 2.22. The zero-order valence-corrected chi connectivity index (χ0v) is 13.2. The van der Waals surface area contributed by atoms with Gasteiger partial charge in [0.2, 0.25) is 5.91 Å². The second-order valence-corrected chi connectivity index (χ2v) is 5.88. The molecule has 0 spiro atoms. The summed E-state index contributed by atoms with van der Waals surface area (Å²) in [6.07, 6.45) is 1.56. The molecule has 23 heavy (non-hydrogen) atoms. The van der Waals surface area contributed by atoms with Crippen LogP contribution in [0.15, 0.2) is 54.6 Å². The fraction of sp³-hybridized carbons (Fsp3) is 0.263. The number of aryl methyl sites for hydroxylation is 1. The van der Waals surface area contributed by atoms with Crippen molar-refractivity contribution < 1.29 is 9.59 Å². The molecule has 1 N–H and O–H groups in total. The van der Waals surface area contributed by atoms with E-state index in [1.807, 2.05) is 49.4 Å². The van der Waals surface area contributed by atoms with Crippen LogP contribution in [0.2, 0.25) is 0 Å². The largest absolute Gasteiger partial charge is 0.327 e. The standard InChI is InChI=1S/C19H20N2O2/c1-14-9-11-16(12-10-14)20-18(22)17-8-5-13-21(17)19(23)15-6-3-2-4-7-15/h2-4,6-7,9-12,17H,5,8,13H2,1H3,(H,20,22)/t17-/m0/s1. The zero-order chi connectivity index (χ0) is 16.2. The number of likely N-dealkylation sites (tertiary alicyclic amines) is 1. The number of nitrogens with zero attached hydrogens (tertiary/aromatic N) is 1. The van der Waals surface area contributed by atoms with Crippen LogP contribution in [-0.2, 0) is 4.79 Å². The lowest BCUT2D eigenvalue weighted by molar-refractivity contribution is -0.119. The van der Waals surface area contributed by atoms with Crippen molar-refractivity contribution in [2.24, 2.45) is 0 Å². The molecule has 0 unspecified atom stereocenters. The van der Waals surface area contributed by atoms with Crippen molar-refractivity contribution in [3.05, 3.63) is 65.7 Å². The van der Waals surface area contributed by atoms with E-state index in [2.05, 4.69) is 5.32 Å². The van der Waals surface area contributed by atoms with E-state index >= 15 is 0 Å². The third-order valence-electron chi connectivity index (χ3n) is 4.16. The maximum atomic E-state index is 12.6. The first kappa shape index (κ1) is 15.3. The predicted molar refractivity (Wildman–Crippen MR) is 90.3 cm³/mol. The summed E-state index contributed by atoms with van der Waals surface area (Å²) in [4.78, 5) is 26.8. The van der Waals surface area contributed by atoms with Gasteiger partial charge >= 0.3 is 0 Å². The van der Waals surface area contributed by atoms with Gasteiger partial charge in [0.05, 0.1) is 0 Å². The minimum Gasteiger partial charge on any atom is -0.327 e. The lowest BCUT2D eigenvalue weighted by Crippen LogP contribution is -2.43. The maximum absolute atomic E-state index is 12.6. The van der Waals surface area contributed by atoms with Gasteiger partial charge in [-0.15, -0.1) is 0 Å². The molecule has 4 nitrogen and oxygen atoms in total. The predicted octanol–water partition coefficient (Wildman–Crippen LogP) is 3.24. The van der Waals surface area contributed by atoms with Crippen LogP contribution >= 0.6 is 0 Å². The van der Waals surface area contributed by atoms with E-state index in [0.29, 0.717) is 18.5 Å². The smallest absolute Gasteiger partial charge is 0.254 e. The lowest BCUT2D eigenvalue weighted by Gasteiger charge is -2.24. The summed E-state index contributed by atoms with van der Waals surface area (Å²) in [7, 11) is 0. The highest BCUT2D eigenvalue weighted by atomic mass is 16.2. The summed E-state index contributed by atoms with van der Waals surface area (Å²) >= 11 is 0. The summed E-state index contributed by atoms with van der Waals surface area (Å²) < 4.78 is 0. The van der Waals surface area contributed by atoms with Gasteiger partial charge in [0.1, 0.15) is 6.04 Å². The van der Waals surface area contributed by atoms with Crippen LogP contribution in [-0.4, -0.2) is 29.3 Å². The number of amides is 2. The average molecular weight is 308 g/mol. The summed E-state index contributed by atoms with van der Waals surface area (Å²) in [6.45, 7) is 2.63. The highest BCUT2D eigenvalue weighted by Gasteiger charge is 2.34. The fourth-order valence-electron chi connectivity index (χ4n) is 2.89. The zero-order valence-electron chi connectivity index (χ0n) is 13.2. The number of carbonyl (C=O) groups is 2. The Morgan fingerprint density at radius 1 is 1.04 bits per heavy atom. The average Bonchev–Trinajstić information content (AvgIpc) is 3.07. The molecule has 4 heteroatoms. The number of hydrogen-bond donors (Lipinski definition) is 1. The lowest BCUT2D eigenvalue weighted by atomic mass is 10.1. The topological polar surface area (TPSA) is 49.4 Å². The van der Waals surface area contributed by atoms with Crippen LogP contribution in [0, 0.1) is 6.92 Å². The molecule has 0 saturated carbocycles. The molecule has 0 aliphatic carbocycles. The van der Waals surface area contributed by atoms with Crippen LogP contribution < -0.4 is 5.32 Å². The second-order valence-electron chi connectivity index (χ2n) is 5.88. The summed E-state index contributed by atoms with van der Waals surface area (Å²) in [5.41, 5.74) is 2.53. The summed E-state index contributed by atoms with van der Waals surface area (Å²) in [5.74, 6) is -0.192. The van der Waals surface area contributed by atoms with Crippen molar-refractivity contribution >= 4 is 17.5 Å². The Hall–Kier alpha value is -2.62. The molecule has 1 saturated heterocycles. The van der Waals surface area contributed by atoms with Gasteiger partial charge in [0.25, 0.3) is 5.91 Å². The van der Waals surface area contributed by atoms with E-state index in [1.54, 1.807) is 17.0 Å². The molecule has 0 bridgehead atoms. The first-order chi connectivity index (χ1) is 11.1. The van der Waals surface area contributed by atoms with Gasteiger partial charge in [0.15, 0.2) is 0 Å². The van der Waals surface area contributed by atoms with Gasteiger partial charge in [-0.05, 0) is 44.0 Å². The number of anilines is 1. The third kappa shape index (κ3) is 3.42. The number of nitrogens with one attached hydrogen (secondary N) is 1. The molecule has 0 aromatic heterocycles. The van der Waals surface area contributed by atoms with Crippen LogP contribution in [0.3, 0.4) is 0 Å². The van der Waals surface area contributed by atoms with E-state index in [0.717, 1.165) is 17.7 Å². The number of carbonyl (C=O) groups excluding carboxylic acids is 2. The van der Waals surface area contributed by atoms with Crippen molar-refractivity contribution in [1.82, 2.24) is 4.90 Å². The molecule has 1 fully saturated rings. The molecular weight excluding hydrogens is 288 g/mol. The molecular formula is C19H20N2O2. The Morgan fingerprint density at radius 3 is 2.43 bits per heavy atom. The van der Waals surface area contributed by atoms with Crippen molar-refractivity contribution in [1.29, 1.82) is 0 Å². The molecule has 3 rings (SSSR count). The van der Waals surface area contributed by atoms with Crippen LogP contribution in [0.4, 0.5) is 5.69 Å². The van der Waals surface area contributed by atoms with Crippen LogP contribution in [0.5, 0.6) is 0 Å². The SMILES string of the molecule is Cc1ccc(NC(=O)[C@@H]2CCCN2C(=O)c2ccccc2)cc1. The monoisotopic (exact) mass is 308 g/mol. The fourth-order valence-corrected chi connectivity index (χ4v) is 2.89. The van der Waals surface area contributed by atoms with E-state index in [1.165, 1.54) is 0 Å². The molecule has 2 aromatic carbocycles. The summed E-state index contributed by atoms with van der Waals surface area (Å²) in [6, 6.07) is 16.4. The Bertz CT molecular complexity index is 695. The Balaban J connectivity index is 1.72. The highest BCUT2D eigenvalue weighted by molar-refractivity contribution is 6.01. The Kier molecular flexibility index (Phi) is 4.42. The molecule has 1 atom stereocenters. The van der Waals surface area contributed by atoms with Gasteiger partial charge < -0.3 is 10.2 Å².